The van der Waals surface area contributed by atoms with E-state index in [0.717, 1.165) is 30.8 Å². The smallest absolute Gasteiger partial charge is 0.221 e. The lowest BCUT2D eigenvalue weighted by Crippen LogP contribution is -2.19. The molecule has 18 heavy (non-hydrogen) atoms. The number of carbonyl (C=O) groups excluding carboxylic acids is 1. The van der Waals surface area contributed by atoms with Gasteiger partial charge in [0.05, 0.1) is 12.2 Å². The van der Waals surface area contributed by atoms with Crippen LogP contribution in [-0.4, -0.2) is 24.7 Å². The Kier molecular flexibility index (Phi) is 4.20. The van der Waals surface area contributed by atoms with Gasteiger partial charge >= 0.3 is 0 Å². The van der Waals surface area contributed by atoms with Crippen molar-refractivity contribution in [2.45, 2.75) is 38.9 Å². The van der Waals surface area contributed by atoms with Crippen LogP contribution < -0.4 is 10.6 Å². The van der Waals surface area contributed by atoms with Gasteiger partial charge in [0.1, 0.15) is 0 Å². The van der Waals surface area contributed by atoms with Gasteiger partial charge in [0.25, 0.3) is 0 Å². The molecule has 2 N–H and O–H groups in total. The molecule has 1 aliphatic heterocycles. The predicted molar refractivity (Wildman–Crippen MR) is 72.8 cm³/mol. The minimum Gasteiger partial charge on any atom is -0.382 e. The molecule has 98 valence electrons. The van der Waals surface area contributed by atoms with Crippen LogP contribution in [0.3, 0.4) is 0 Å². The summed E-state index contributed by atoms with van der Waals surface area (Å²) >= 11 is 0. The quantitative estimate of drug-likeness (QED) is 0.861. The maximum absolute atomic E-state index is 10.9. The summed E-state index contributed by atoms with van der Waals surface area (Å²) in [6, 6.07) is 7.71. The first-order valence-electron chi connectivity index (χ1n) is 6.40. The normalized spacial score (nSPS) is 22.8. The Labute approximate surface area is 108 Å². The van der Waals surface area contributed by atoms with Crippen LogP contribution in [0.4, 0.5) is 11.4 Å². The van der Waals surface area contributed by atoms with E-state index >= 15 is 0 Å². The molecule has 0 saturated carbocycles. The topological polar surface area (TPSA) is 50.4 Å². The lowest BCUT2D eigenvalue weighted by molar-refractivity contribution is -0.114. The highest BCUT2D eigenvalue weighted by molar-refractivity contribution is 5.88. The Bertz CT molecular complexity index is 403. The standard InChI is InChI=1S/C14H20N2O2/c1-10-3-8-14(18-10)9-15-12-4-6-13(7-5-12)16-11(2)17/h4-7,10,14-15H,3,8-9H2,1-2H3,(H,16,17). The first-order valence-corrected chi connectivity index (χ1v) is 6.40. The van der Waals surface area contributed by atoms with Crippen molar-refractivity contribution in [3.05, 3.63) is 24.3 Å². The van der Waals surface area contributed by atoms with Crippen molar-refractivity contribution < 1.29 is 9.53 Å². The van der Waals surface area contributed by atoms with Gasteiger partial charge in [-0.3, -0.25) is 4.79 Å². The number of carbonyl (C=O) groups is 1. The Morgan fingerprint density at radius 1 is 1.28 bits per heavy atom. The van der Waals surface area contributed by atoms with Crippen LogP contribution in [0, 0.1) is 0 Å². The molecule has 0 aromatic heterocycles. The Hall–Kier alpha value is -1.55. The van der Waals surface area contributed by atoms with Crippen LogP contribution in [0.5, 0.6) is 0 Å². The minimum atomic E-state index is -0.0518. The van der Waals surface area contributed by atoms with Crippen molar-refractivity contribution in [2.24, 2.45) is 0 Å². The van der Waals surface area contributed by atoms with Crippen LogP contribution in [0.15, 0.2) is 24.3 Å². The lowest BCUT2D eigenvalue weighted by atomic mass is 10.2. The highest BCUT2D eigenvalue weighted by Crippen LogP contribution is 2.20. The SMILES string of the molecule is CC(=O)Nc1ccc(NCC2CCC(C)O2)cc1. The van der Waals surface area contributed by atoms with Gasteiger partial charge in [0.2, 0.25) is 5.91 Å². The van der Waals surface area contributed by atoms with Gasteiger partial charge in [0.15, 0.2) is 0 Å². The van der Waals surface area contributed by atoms with Crippen LogP contribution in [0.25, 0.3) is 0 Å². The number of anilines is 2. The second-order valence-electron chi connectivity index (χ2n) is 4.79. The van der Waals surface area contributed by atoms with Crippen LogP contribution in [-0.2, 0) is 9.53 Å². The maximum atomic E-state index is 10.9. The molecule has 0 radical (unpaired) electrons. The van der Waals surface area contributed by atoms with Crippen molar-refractivity contribution in [1.82, 2.24) is 0 Å². The Morgan fingerprint density at radius 3 is 2.50 bits per heavy atom. The molecule has 1 heterocycles. The molecule has 0 spiro atoms. The van der Waals surface area contributed by atoms with Gasteiger partial charge in [-0.05, 0) is 44.0 Å². The van der Waals surface area contributed by atoms with Crippen LogP contribution in [0.2, 0.25) is 0 Å². The Morgan fingerprint density at radius 2 is 1.94 bits per heavy atom. The lowest BCUT2D eigenvalue weighted by Gasteiger charge is -2.13. The molecule has 1 aromatic rings. The number of hydrogen-bond acceptors (Lipinski definition) is 3. The fraction of sp³-hybridized carbons (Fsp3) is 0.500. The zero-order valence-electron chi connectivity index (χ0n) is 10.9. The van der Waals surface area contributed by atoms with E-state index < -0.39 is 0 Å². The summed E-state index contributed by atoms with van der Waals surface area (Å²) in [6.07, 6.45) is 2.97. The molecule has 0 bridgehead atoms. The van der Waals surface area contributed by atoms with Crippen LogP contribution in [0.1, 0.15) is 26.7 Å². The number of hydrogen-bond donors (Lipinski definition) is 2. The third-order valence-corrected chi connectivity index (χ3v) is 3.06. The van der Waals surface area contributed by atoms with E-state index in [2.05, 4.69) is 17.6 Å². The first-order chi connectivity index (χ1) is 8.63. The fourth-order valence-electron chi connectivity index (χ4n) is 2.14. The van der Waals surface area contributed by atoms with Gasteiger partial charge in [-0.2, -0.15) is 0 Å². The molecular formula is C14H20N2O2. The summed E-state index contributed by atoms with van der Waals surface area (Å²) in [4.78, 5) is 10.9. The largest absolute Gasteiger partial charge is 0.382 e. The molecule has 1 saturated heterocycles. The van der Waals surface area contributed by atoms with Crippen molar-refractivity contribution >= 4 is 17.3 Å². The van der Waals surface area contributed by atoms with Crippen molar-refractivity contribution in [1.29, 1.82) is 0 Å². The predicted octanol–water partition coefficient (Wildman–Crippen LogP) is 2.62. The second kappa shape index (κ2) is 5.87. The van der Waals surface area contributed by atoms with Crippen molar-refractivity contribution in [3.8, 4) is 0 Å². The molecule has 1 aliphatic rings. The average Bonchev–Trinajstić information content (AvgIpc) is 2.74. The number of benzene rings is 1. The highest BCUT2D eigenvalue weighted by Gasteiger charge is 2.21. The van der Waals surface area contributed by atoms with Crippen LogP contribution >= 0.6 is 0 Å². The van der Waals surface area contributed by atoms with Gasteiger partial charge in [-0.25, -0.2) is 0 Å². The summed E-state index contributed by atoms with van der Waals surface area (Å²) in [5.74, 6) is -0.0518. The van der Waals surface area contributed by atoms with E-state index in [-0.39, 0.29) is 5.91 Å². The van der Waals surface area contributed by atoms with Gasteiger partial charge in [-0.15, -0.1) is 0 Å². The fourth-order valence-corrected chi connectivity index (χ4v) is 2.14. The summed E-state index contributed by atoms with van der Waals surface area (Å²) in [6.45, 7) is 4.46. The monoisotopic (exact) mass is 248 g/mol. The molecule has 1 amide bonds. The average molecular weight is 248 g/mol. The number of amides is 1. The maximum Gasteiger partial charge on any atom is 0.221 e. The number of rotatable bonds is 4. The van der Waals surface area contributed by atoms with E-state index in [9.17, 15) is 4.79 Å². The molecule has 2 unspecified atom stereocenters. The van der Waals surface area contributed by atoms with Crippen molar-refractivity contribution in [3.63, 3.8) is 0 Å². The van der Waals surface area contributed by atoms with E-state index in [4.69, 9.17) is 4.74 Å². The zero-order chi connectivity index (χ0) is 13.0. The molecule has 1 fully saturated rings. The van der Waals surface area contributed by atoms with E-state index in [1.54, 1.807) is 0 Å². The van der Waals surface area contributed by atoms with Gasteiger partial charge in [0, 0.05) is 24.8 Å². The third-order valence-electron chi connectivity index (χ3n) is 3.06. The summed E-state index contributed by atoms with van der Waals surface area (Å²) in [5, 5.41) is 6.09. The molecule has 4 nitrogen and oxygen atoms in total. The molecular weight excluding hydrogens is 228 g/mol. The van der Waals surface area contributed by atoms with Gasteiger partial charge in [-0.1, -0.05) is 0 Å². The van der Waals surface area contributed by atoms with Crippen molar-refractivity contribution in [2.75, 3.05) is 17.2 Å². The molecule has 4 heteroatoms. The zero-order valence-corrected chi connectivity index (χ0v) is 10.9. The Balaban J connectivity index is 1.81. The highest BCUT2D eigenvalue weighted by atomic mass is 16.5. The summed E-state index contributed by atoms with van der Waals surface area (Å²) in [5.41, 5.74) is 1.87. The number of nitrogens with one attached hydrogen (secondary N) is 2. The third kappa shape index (κ3) is 3.74. The molecule has 0 aliphatic carbocycles. The molecule has 2 atom stereocenters. The van der Waals surface area contributed by atoms with E-state index in [1.807, 2.05) is 24.3 Å². The van der Waals surface area contributed by atoms with E-state index in [1.165, 1.54) is 6.92 Å². The summed E-state index contributed by atoms with van der Waals surface area (Å²) in [7, 11) is 0. The van der Waals surface area contributed by atoms with Gasteiger partial charge < -0.3 is 15.4 Å². The minimum absolute atomic E-state index is 0.0518. The molecule has 1 aromatic carbocycles. The first kappa shape index (κ1) is 12.9. The summed E-state index contributed by atoms with van der Waals surface area (Å²) < 4.78 is 5.74. The second-order valence-corrected chi connectivity index (χ2v) is 4.79. The van der Waals surface area contributed by atoms with E-state index in [0.29, 0.717) is 12.2 Å². The number of ether oxygens (including phenoxy) is 1. The molecule has 2 rings (SSSR count).